The second-order valence-electron chi connectivity index (χ2n) is 5.21. The van der Waals surface area contributed by atoms with E-state index in [1.54, 1.807) is 12.3 Å². The zero-order chi connectivity index (χ0) is 15.4. The standard InChI is InChI=1S/C16H16N4O2/c21-15(19-10-14-3-1-2-6-18-14)11-7-12(9-17-8-11)16(22)20-13-4-5-13/h1-3,6-9,13H,4-5,10H2,(H,19,21)(H,20,22). The third kappa shape index (κ3) is 3.66. The maximum absolute atomic E-state index is 12.1. The van der Waals surface area contributed by atoms with Crippen molar-refractivity contribution in [2.24, 2.45) is 0 Å². The SMILES string of the molecule is O=C(NCc1ccccn1)c1cncc(C(=O)NC2CC2)c1. The lowest BCUT2D eigenvalue weighted by molar-refractivity contribution is 0.0950. The van der Waals surface area contributed by atoms with E-state index in [1.165, 1.54) is 12.4 Å². The van der Waals surface area contributed by atoms with Crippen LogP contribution in [0.1, 0.15) is 39.3 Å². The van der Waals surface area contributed by atoms with Gasteiger partial charge in [0.25, 0.3) is 11.8 Å². The van der Waals surface area contributed by atoms with Crippen LogP contribution in [0.3, 0.4) is 0 Å². The zero-order valence-electron chi connectivity index (χ0n) is 12.0. The fraction of sp³-hybridized carbons (Fsp3) is 0.250. The highest BCUT2D eigenvalue weighted by atomic mass is 16.2. The Morgan fingerprint density at radius 2 is 1.91 bits per heavy atom. The Hall–Kier alpha value is -2.76. The van der Waals surface area contributed by atoms with Crippen molar-refractivity contribution in [3.8, 4) is 0 Å². The minimum absolute atomic E-state index is 0.186. The van der Waals surface area contributed by atoms with Gasteiger partial charge in [-0.15, -0.1) is 0 Å². The third-order valence-corrected chi connectivity index (χ3v) is 3.33. The van der Waals surface area contributed by atoms with Gasteiger partial charge in [0.2, 0.25) is 0 Å². The number of carbonyl (C=O) groups is 2. The van der Waals surface area contributed by atoms with Gasteiger partial charge in [-0.05, 0) is 31.0 Å². The molecule has 6 heteroatoms. The van der Waals surface area contributed by atoms with E-state index in [9.17, 15) is 9.59 Å². The lowest BCUT2D eigenvalue weighted by atomic mass is 10.2. The molecule has 0 aliphatic heterocycles. The molecule has 22 heavy (non-hydrogen) atoms. The summed E-state index contributed by atoms with van der Waals surface area (Å²) < 4.78 is 0. The molecule has 2 aromatic heterocycles. The van der Waals surface area contributed by atoms with Crippen LogP contribution in [-0.2, 0) is 6.54 Å². The molecule has 0 spiro atoms. The highest BCUT2D eigenvalue weighted by molar-refractivity contribution is 5.99. The van der Waals surface area contributed by atoms with E-state index >= 15 is 0 Å². The molecule has 2 heterocycles. The second kappa shape index (κ2) is 6.34. The Bertz CT molecular complexity index is 684. The summed E-state index contributed by atoms with van der Waals surface area (Å²) in [5, 5.41) is 5.63. The molecule has 0 atom stereocenters. The summed E-state index contributed by atoms with van der Waals surface area (Å²) in [4.78, 5) is 32.2. The molecule has 0 bridgehead atoms. The van der Waals surface area contributed by atoms with Gasteiger partial charge in [0.05, 0.1) is 23.4 Å². The molecule has 112 valence electrons. The molecular formula is C16H16N4O2. The van der Waals surface area contributed by atoms with Crippen LogP contribution in [0.2, 0.25) is 0 Å². The first-order chi connectivity index (χ1) is 10.7. The smallest absolute Gasteiger partial charge is 0.253 e. The van der Waals surface area contributed by atoms with Crippen molar-refractivity contribution >= 4 is 11.8 Å². The molecule has 0 saturated heterocycles. The summed E-state index contributed by atoms with van der Waals surface area (Å²) in [6.45, 7) is 0.332. The highest BCUT2D eigenvalue weighted by Crippen LogP contribution is 2.19. The number of carbonyl (C=O) groups excluding carboxylic acids is 2. The van der Waals surface area contributed by atoms with Crippen LogP contribution in [0.25, 0.3) is 0 Å². The number of hydrogen-bond donors (Lipinski definition) is 2. The normalized spacial score (nSPS) is 13.5. The first kappa shape index (κ1) is 14.2. The third-order valence-electron chi connectivity index (χ3n) is 3.33. The van der Waals surface area contributed by atoms with Gasteiger partial charge in [0.15, 0.2) is 0 Å². The van der Waals surface area contributed by atoms with Crippen LogP contribution in [0, 0.1) is 0 Å². The van der Waals surface area contributed by atoms with Gasteiger partial charge >= 0.3 is 0 Å². The van der Waals surface area contributed by atoms with Crippen molar-refractivity contribution in [1.29, 1.82) is 0 Å². The molecule has 2 aromatic rings. The van der Waals surface area contributed by atoms with Crippen LogP contribution in [0.15, 0.2) is 42.9 Å². The first-order valence-electron chi connectivity index (χ1n) is 7.16. The van der Waals surface area contributed by atoms with Crippen molar-refractivity contribution in [3.63, 3.8) is 0 Å². The Labute approximate surface area is 128 Å². The number of hydrogen-bond acceptors (Lipinski definition) is 4. The maximum atomic E-state index is 12.1. The number of nitrogens with zero attached hydrogens (tertiary/aromatic N) is 2. The molecule has 2 amide bonds. The van der Waals surface area contributed by atoms with Crippen molar-refractivity contribution in [3.05, 3.63) is 59.7 Å². The van der Waals surface area contributed by atoms with E-state index in [1.807, 2.05) is 18.2 Å². The largest absolute Gasteiger partial charge is 0.349 e. The molecule has 0 unspecified atom stereocenters. The van der Waals surface area contributed by atoms with Crippen LogP contribution in [-0.4, -0.2) is 27.8 Å². The monoisotopic (exact) mass is 296 g/mol. The predicted octanol–water partition coefficient (Wildman–Crippen LogP) is 1.30. The fourth-order valence-electron chi connectivity index (χ4n) is 1.96. The van der Waals surface area contributed by atoms with Gasteiger partial charge < -0.3 is 10.6 Å². The van der Waals surface area contributed by atoms with Gasteiger partial charge in [-0.2, -0.15) is 0 Å². The maximum Gasteiger partial charge on any atom is 0.253 e. The van der Waals surface area contributed by atoms with Crippen molar-refractivity contribution in [2.45, 2.75) is 25.4 Å². The summed E-state index contributed by atoms with van der Waals surface area (Å²) in [5.74, 6) is -0.464. The molecule has 6 nitrogen and oxygen atoms in total. The summed E-state index contributed by atoms with van der Waals surface area (Å²) in [5.41, 5.74) is 1.53. The molecule has 2 N–H and O–H groups in total. The summed E-state index contributed by atoms with van der Waals surface area (Å²) in [7, 11) is 0. The zero-order valence-corrected chi connectivity index (χ0v) is 12.0. The minimum atomic E-state index is -0.278. The van der Waals surface area contributed by atoms with E-state index in [4.69, 9.17) is 0 Å². The number of nitrogens with one attached hydrogen (secondary N) is 2. The molecule has 1 fully saturated rings. The van der Waals surface area contributed by atoms with Crippen LogP contribution in [0.5, 0.6) is 0 Å². The van der Waals surface area contributed by atoms with Crippen LogP contribution >= 0.6 is 0 Å². The fourth-order valence-corrected chi connectivity index (χ4v) is 1.96. The lowest BCUT2D eigenvalue weighted by Gasteiger charge is -2.07. The average Bonchev–Trinajstić information content (AvgIpc) is 3.37. The molecule has 1 aliphatic rings. The predicted molar refractivity (Wildman–Crippen MR) is 80.1 cm³/mol. The van der Waals surface area contributed by atoms with E-state index < -0.39 is 0 Å². The number of amides is 2. The molecule has 0 radical (unpaired) electrons. The van der Waals surface area contributed by atoms with E-state index in [0.29, 0.717) is 17.7 Å². The Morgan fingerprint density at radius 3 is 2.59 bits per heavy atom. The number of pyridine rings is 2. The number of rotatable bonds is 5. The Kier molecular flexibility index (Phi) is 4.09. The van der Waals surface area contributed by atoms with Gasteiger partial charge in [-0.25, -0.2) is 0 Å². The summed E-state index contributed by atoms with van der Waals surface area (Å²) in [6, 6.07) is 7.33. The molecule has 1 aliphatic carbocycles. The molecule has 3 rings (SSSR count). The van der Waals surface area contributed by atoms with Gasteiger partial charge in [0.1, 0.15) is 0 Å². The molecule has 1 saturated carbocycles. The van der Waals surface area contributed by atoms with E-state index in [-0.39, 0.29) is 17.9 Å². The Morgan fingerprint density at radius 1 is 1.14 bits per heavy atom. The average molecular weight is 296 g/mol. The quantitative estimate of drug-likeness (QED) is 0.871. The topological polar surface area (TPSA) is 84.0 Å². The lowest BCUT2D eigenvalue weighted by Crippen LogP contribution is -2.27. The highest BCUT2D eigenvalue weighted by Gasteiger charge is 2.24. The van der Waals surface area contributed by atoms with Crippen LogP contribution < -0.4 is 10.6 Å². The molecule has 0 aromatic carbocycles. The van der Waals surface area contributed by atoms with Gasteiger partial charge in [0, 0.05) is 24.6 Å². The van der Waals surface area contributed by atoms with E-state index in [2.05, 4.69) is 20.6 Å². The van der Waals surface area contributed by atoms with E-state index in [0.717, 1.165) is 18.5 Å². The van der Waals surface area contributed by atoms with Gasteiger partial charge in [-0.1, -0.05) is 6.07 Å². The van der Waals surface area contributed by atoms with Gasteiger partial charge in [-0.3, -0.25) is 19.6 Å². The first-order valence-corrected chi connectivity index (χ1v) is 7.16. The van der Waals surface area contributed by atoms with Crippen molar-refractivity contribution in [1.82, 2.24) is 20.6 Å². The van der Waals surface area contributed by atoms with Crippen molar-refractivity contribution in [2.75, 3.05) is 0 Å². The Balaban J connectivity index is 1.63. The van der Waals surface area contributed by atoms with Crippen LogP contribution in [0.4, 0.5) is 0 Å². The summed E-state index contributed by atoms with van der Waals surface area (Å²) in [6.07, 6.45) is 6.62. The van der Waals surface area contributed by atoms with Crippen molar-refractivity contribution < 1.29 is 9.59 Å². The summed E-state index contributed by atoms with van der Waals surface area (Å²) >= 11 is 0. The molecular weight excluding hydrogens is 280 g/mol. The second-order valence-corrected chi connectivity index (χ2v) is 5.21. The minimum Gasteiger partial charge on any atom is -0.349 e. The number of aromatic nitrogens is 2.